The molecule has 0 saturated carbocycles. The molecule has 1 saturated heterocycles. The number of likely N-dealkylation sites (tertiary alicyclic amines) is 1. The summed E-state index contributed by atoms with van der Waals surface area (Å²) >= 11 is 0. The molecular weight excluding hydrogens is 228 g/mol. The molecule has 3 rings (SSSR count). The van der Waals surface area contributed by atoms with E-state index in [1.54, 1.807) is 11.0 Å². The highest BCUT2D eigenvalue weighted by Crippen LogP contribution is 2.17. The van der Waals surface area contributed by atoms with Gasteiger partial charge in [-0.1, -0.05) is 18.2 Å². The van der Waals surface area contributed by atoms with Crippen LogP contribution in [0.1, 0.15) is 5.69 Å². The van der Waals surface area contributed by atoms with Crippen molar-refractivity contribution in [2.75, 3.05) is 19.7 Å². The number of benzene rings is 1. The van der Waals surface area contributed by atoms with Crippen LogP contribution < -0.4 is 0 Å². The first-order valence-corrected chi connectivity index (χ1v) is 6.15. The molecule has 0 bridgehead atoms. The van der Waals surface area contributed by atoms with Crippen LogP contribution in [0.4, 0.5) is 0 Å². The molecule has 5 heteroatoms. The van der Waals surface area contributed by atoms with Crippen LogP contribution in [-0.4, -0.2) is 44.7 Å². The van der Waals surface area contributed by atoms with Crippen LogP contribution in [0.25, 0.3) is 5.69 Å². The number of nitrogens with zero attached hydrogens (tertiary/aromatic N) is 4. The number of rotatable bonds is 4. The molecule has 2 heterocycles. The molecule has 5 nitrogen and oxygen atoms in total. The summed E-state index contributed by atoms with van der Waals surface area (Å²) in [5.41, 5.74) is 1.94. The van der Waals surface area contributed by atoms with Gasteiger partial charge in [-0.15, -0.1) is 0 Å². The zero-order valence-electron chi connectivity index (χ0n) is 10.1. The standard InChI is InChI=1S/C13H16N4O/c18-10-11-7-16(8-11)9-12-6-14-17(15-12)13-4-2-1-3-5-13/h1-6,11,18H,7-10H2. The van der Waals surface area contributed by atoms with Gasteiger partial charge in [0, 0.05) is 32.2 Å². The summed E-state index contributed by atoms with van der Waals surface area (Å²) in [4.78, 5) is 3.92. The lowest BCUT2D eigenvalue weighted by Gasteiger charge is -2.37. The predicted octanol–water partition coefficient (Wildman–Crippen LogP) is 0.691. The average molecular weight is 244 g/mol. The lowest BCUT2D eigenvalue weighted by molar-refractivity contribution is 0.0469. The van der Waals surface area contributed by atoms with E-state index < -0.39 is 0 Å². The fourth-order valence-electron chi connectivity index (χ4n) is 2.20. The molecule has 1 fully saturated rings. The second-order valence-corrected chi connectivity index (χ2v) is 4.70. The Labute approximate surface area is 106 Å². The van der Waals surface area contributed by atoms with Gasteiger partial charge in [0.25, 0.3) is 0 Å². The molecule has 0 unspecified atom stereocenters. The van der Waals surface area contributed by atoms with Gasteiger partial charge in [0.2, 0.25) is 0 Å². The van der Waals surface area contributed by atoms with Crippen LogP contribution in [0, 0.1) is 5.92 Å². The quantitative estimate of drug-likeness (QED) is 0.860. The number of hydrogen-bond acceptors (Lipinski definition) is 4. The van der Waals surface area contributed by atoms with Crippen molar-refractivity contribution in [3.63, 3.8) is 0 Å². The van der Waals surface area contributed by atoms with Crippen LogP contribution in [0.5, 0.6) is 0 Å². The molecule has 0 atom stereocenters. The average Bonchev–Trinajstić information content (AvgIpc) is 2.83. The number of aliphatic hydroxyl groups excluding tert-OH is 1. The van der Waals surface area contributed by atoms with Gasteiger partial charge in [0.15, 0.2) is 0 Å². The molecule has 2 aromatic rings. The minimum atomic E-state index is 0.285. The predicted molar refractivity (Wildman–Crippen MR) is 67.2 cm³/mol. The maximum atomic E-state index is 8.96. The van der Waals surface area contributed by atoms with Crippen molar-refractivity contribution < 1.29 is 5.11 Å². The Morgan fingerprint density at radius 3 is 2.72 bits per heavy atom. The van der Waals surface area contributed by atoms with E-state index in [-0.39, 0.29) is 6.61 Å². The second-order valence-electron chi connectivity index (χ2n) is 4.70. The number of para-hydroxylation sites is 1. The zero-order chi connectivity index (χ0) is 12.4. The molecule has 1 aliphatic rings. The Morgan fingerprint density at radius 2 is 2.00 bits per heavy atom. The summed E-state index contributed by atoms with van der Waals surface area (Å²) in [6.07, 6.45) is 1.80. The van der Waals surface area contributed by atoms with E-state index in [2.05, 4.69) is 15.1 Å². The third kappa shape index (κ3) is 2.27. The van der Waals surface area contributed by atoms with Crippen LogP contribution in [-0.2, 0) is 6.54 Å². The van der Waals surface area contributed by atoms with Gasteiger partial charge in [-0.05, 0) is 12.1 Å². The van der Waals surface area contributed by atoms with Crippen molar-refractivity contribution in [3.8, 4) is 5.69 Å². The number of aromatic nitrogens is 3. The fourth-order valence-corrected chi connectivity index (χ4v) is 2.20. The highest BCUT2D eigenvalue weighted by atomic mass is 16.3. The first-order chi connectivity index (χ1) is 8.85. The SMILES string of the molecule is OCC1CN(Cc2cnn(-c3ccccc3)n2)C1. The minimum Gasteiger partial charge on any atom is -0.396 e. The van der Waals surface area contributed by atoms with Gasteiger partial charge in [-0.2, -0.15) is 15.0 Å². The summed E-state index contributed by atoms with van der Waals surface area (Å²) in [6, 6.07) is 9.88. The van der Waals surface area contributed by atoms with E-state index in [0.29, 0.717) is 5.92 Å². The fraction of sp³-hybridized carbons (Fsp3) is 0.385. The number of aliphatic hydroxyl groups is 1. The molecule has 1 N–H and O–H groups in total. The van der Waals surface area contributed by atoms with Crippen molar-refractivity contribution in [2.45, 2.75) is 6.54 Å². The summed E-state index contributed by atoms with van der Waals surface area (Å²) < 4.78 is 0. The highest BCUT2D eigenvalue weighted by molar-refractivity contribution is 5.28. The molecular formula is C13H16N4O. The van der Waals surface area contributed by atoms with Crippen LogP contribution >= 0.6 is 0 Å². The van der Waals surface area contributed by atoms with Gasteiger partial charge in [-0.3, -0.25) is 4.90 Å². The largest absolute Gasteiger partial charge is 0.396 e. The normalized spacial score (nSPS) is 16.7. The zero-order valence-corrected chi connectivity index (χ0v) is 10.1. The highest BCUT2D eigenvalue weighted by Gasteiger charge is 2.26. The van der Waals surface area contributed by atoms with Crippen LogP contribution in [0.3, 0.4) is 0 Å². The maximum Gasteiger partial charge on any atom is 0.0971 e. The Morgan fingerprint density at radius 1 is 1.22 bits per heavy atom. The topological polar surface area (TPSA) is 54.2 Å². The monoisotopic (exact) mass is 244 g/mol. The molecule has 1 aliphatic heterocycles. The summed E-state index contributed by atoms with van der Waals surface area (Å²) in [7, 11) is 0. The molecule has 0 amide bonds. The van der Waals surface area contributed by atoms with Gasteiger partial charge in [-0.25, -0.2) is 0 Å². The molecule has 0 radical (unpaired) electrons. The maximum absolute atomic E-state index is 8.96. The lowest BCUT2D eigenvalue weighted by Crippen LogP contribution is -2.47. The molecule has 94 valence electrons. The molecule has 18 heavy (non-hydrogen) atoms. The van der Waals surface area contributed by atoms with Crippen molar-refractivity contribution in [1.29, 1.82) is 0 Å². The Bertz CT molecular complexity index is 505. The van der Waals surface area contributed by atoms with E-state index >= 15 is 0 Å². The summed E-state index contributed by atoms with van der Waals surface area (Å²) in [6.45, 7) is 3.00. The first-order valence-electron chi connectivity index (χ1n) is 6.15. The summed E-state index contributed by atoms with van der Waals surface area (Å²) in [5.74, 6) is 0.439. The second kappa shape index (κ2) is 4.88. The van der Waals surface area contributed by atoms with Crippen molar-refractivity contribution in [2.24, 2.45) is 5.92 Å². The molecule has 1 aromatic heterocycles. The lowest BCUT2D eigenvalue weighted by atomic mass is 10.0. The molecule has 0 spiro atoms. The smallest absolute Gasteiger partial charge is 0.0971 e. The van der Waals surface area contributed by atoms with E-state index in [1.807, 2.05) is 30.3 Å². The Balaban J connectivity index is 1.64. The van der Waals surface area contributed by atoms with Crippen molar-refractivity contribution in [3.05, 3.63) is 42.2 Å². The minimum absolute atomic E-state index is 0.285. The Hall–Kier alpha value is -1.72. The third-order valence-corrected chi connectivity index (χ3v) is 3.20. The molecule has 0 aliphatic carbocycles. The van der Waals surface area contributed by atoms with Crippen LogP contribution in [0.2, 0.25) is 0 Å². The Kier molecular flexibility index (Phi) is 3.08. The summed E-state index contributed by atoms with van der Waals surface area (Å²) in [5, 5.41) is 17.7. The van der Waals surface area contributed by atoms with Gasteiger partial charge in [0.1, 0.15) is 0 Å². The number of hydrogen-bond donors (Lipinski definition) is 1. The van der Waals surface area contributed by atoms with Gasteiger partial charge < -0.3 is 5.11 Å². The third-order valence-electron chi connectivity index (χ3n) is 3.20. The van der Waals surface area contributed by atoms with E-state index in [1.165, 1.54) is 0 Å². The first kappa shape index (κ1) is 11.4. The molecule has 1 aromatic carbocycles. The van der Waals surface area contributed by atoms with Gasteiger partial charge in [0.05, 0.1) is 17.6 Å². The van der Waals surface area contributed by atoms with Gasteiger partial charge >= 0.3 is 0 Å². The van der Waals surface area contributed by atoms with Crippen molar-refractivity contribution in [1.82, 2.24) is 19.9 Å². The van der Waals surface area contributed by atoms with Crippen molar-refractivity contribution >= 4 is 0 Å². The van der Waals surface area contributed by atoms with E-state index in [0.717, 1.165) is 31.0 Å². The van der Waals surface area contributed by atoms with E-state index in [4.69, 9.17) is 5.11 Å². The van der Waals surface area contributed by atoms with E-state index in [9.17, 15) is 0 Å². The van der Waals surface area contributed by atoms with Crippen LogP contribution in [0.15, 0.2) is 36.5 Å².